The van der Waals surface area contributed by atoms with Gasteiger partial charge in [-0.05, 0) is 81.6 Å². The Hall–Kier alpha value is -3.22. The van der Waals surface area contributed by atoms with Crippen LogP contribution in [0.3, 0.4) is 0 Å². The highest BCUT2D eigenvalue weighted by Crippen LogP contribution is 2.27. The molecule has 2 N–H and O–H groups in total. The molecule has 186 valence electrons. The summed E-state index contributed by atoms with van der Waals surface area (Å²) in [5.41, 5.74) is 2.89. The summed E-state index contributed by atoms with van der Waals surface area (Å²) in [7, 11) is 5.55. The van der Waals surface area contributed by atoms with Gasteiger partial charge in [0.2, 0.25) is 0 Å². The molecule has 7 nitrogen and oxygen atoms in total. The van der Waals surface area contributed by atoms with Crippen LogP contribution >= 0.6 is 0 Å². The second-order valence-corrected chi connectivity index (χ2v) is 10.2. The SMILES string of the molecule is COc1ccc(C(=O)N(Cc2cc(NC(=O)NC(C)(C)C)ccc2N(C)C)C(C)C(C)C)cc1. The molecule has 0 aliphatic heterocycles. The lowest BCUT2D eigenvalue weighted by Crippen LogP contribution is -2.43. The number of rotatable bonds is 8. The van der Waals surface area contributed by atoms with E-state index in [4.69, 9.17) is 4.74 Å². The zero-order valence-corrected chi connectivity index (χ0v) is 22.0. The first-order valence-corrected chi connectivity index (χ1v) is 11.7. The van der Waals surface area contributed by atoms with Gasteiger partial charge in [-0.1, -0.05) is 13.8 Å². The van der Waals surface area contributed by atoms with Gasteiger partial charge in [-0.2, -0.15) is 0 Å². The van der Waals surface area contributed by atoms with E-state index in [1.165, 1.54) is 0 Å². The highest BCUT2D eigenvalue weighted by atomic mass is 16.5. The van der Waals surface area contributed by atoms with Gasteiger partial charge in [0.15, 0.2) is 0 Å². The minimum absolute atomic E-state index is 0.00502. The molecule has 0 aliphatic rings. The molecule has 0 heterocycles. The number of amides is 3. The Morgan fingerprint density at radius 2 is 1.62 bits per heavy atom. The molecular formula is C27H40N4O3. The van der Waals surface area contributed by atoms with E-state index in [9.17, 15) is 9.59 Å². The number of ether oxygens (including phenoxy) is 1. The zero-order chi connectivity index (χ0) is 25.6. The third kappa shape index (κ3) is 7.40. The summed E-state index contributed by atoms with van der Waals surface area (Å²) in [6.07, 6.45) is 0. The van der Waals surface area contributed by atoms with Crippen LogP contribution in [-0.4, -0.2) is 49.6 Å². The number of carbonyl (C=O) groups is 2. The maximum absolute atomic E-state index is 13.6. The van der Waals surface area contributed by atoms with Crippen molar-refractivity contribution in [3.8, 4) is 5.75 Å². The Morgan fingerprint density at radius 1 is 1.00 bits per heavy atom. The van der Waals surface area contributed by atoms with Gasteiger partial charge in [0.1, 0.15) is 5.75 Å². The Bertz CT molecular complexity index is 978. The molecule has 34 heavy (non-hydrogen) atoms. The standard InChI is InChI=1S/C27H40N4O3/c1-18(2)19(3)31(25(32)20-10-13-23(34-9)14-11-20)17-21-16-22(12-15-24(21)30(7)8)28-26(33)29-27(4,5)6/h10-16,18-19H,17H2,1-9H3,(H2,28,29,33). The van der Waals surface area contributed by atoms with Crippen molar-refractivity contribution in [2.24, 2.45) is 5.92 Å². The van der Waals surface area contributed by atoms with Crippen molar-refractivity contribution in [2.75, 3.05) is 31.4 Å². The van der Waals surface area contributed by atoms with Crippen LogP contribution < -0.4 is 20.3 Å². The van der Waals surface area contributed by atoms with Crippen LogP contribution in [0.5, 0.6) is 5.75 Å². The zero-order valence-electron chi connectivity index (χ0n) is 22.0. The average molecular weight is 469 g/mol. The van der Waals surface area contributed by atoms with Gasteiger partial charge in [-0.15, -0.1) is 0 Å². The second kappa shape index (κ2) is 11.3. The topological polar surface area (TPSA) is 73.9 Å². The summed E-state index contributed by atoms with van der Waals surface area (Å²) >= 11 is 0. The molecule has 0 aliphatic carbocycles. The number of benzene rings is 2. The third-order valence-corrected chi connectivity index (χ3v) is 5.70. The number of hydrogen-bond acceptors (Lipinski definition) is 4. The predicted molar refractivity (Wildman–Crippen MR) is 140 cm³/mol. The van der Waals surface area contributed by atoms with E-state index < -0.39 is 0 Å². The maximum Gasteiger partial charge on any atom is 0.319 e. The largest absolute Gasteiger partial charge is 0.497 e. The van der Waals surface area contributed by atoms with Crippen molar-refractivity contribution < 1.29 is 14.3 Å². The number of hydrogen-bond donors (Lipinski definition) is 2. The molecule has 0 saturated carbocycles. The molecular weight excluding hydrogens is 428 g/mol. The summed E-state index contributed by atoms with van der Waals surface area (Å²) < 4.78 is 5.24. The molecule has 1 atom stereocenters. The van der Waals surface area contributed by atoms with E-state index in [1.54, 1.807) is 31.4 Å². The molecule has 0 spiro atoms. The highest BCUT2D eigenvalue weighted by Gasteiger charge is 2.25. The first-order chi connectivity index (χ1) is 15.8. The molecule has 0 bridgehead atoms. The molecule has 7 heteroatoms. The van der Waals surface area contributed by atoms with Crippen LogP contribution in [0.2, 0.25) is 0 Å². The van der Waals surface area contributed by atoms with E-state index in [0.717, 1.165) is 11.3 Å². The van der Waals surface area contributed by atoms with Gasteiger partial charge in [0.25, 0.3) is 5.91 Å². The van der Waals surface area contributed by atoms with Crippen LogP contribution in [0, 0.1) is 5.92 Å². The van der Waals surface area contributed by atoms with Gasteiger partial charge in [0.05, 0.1) is 7.11 Å². The van der Waals surface area contributed by atoms with Crippen molar-refractivity contribution in [2.45, 2.75) is 59.7 Å². The van der Waals surface area contributed by atoms with Gasteiger partial charge in [-0.3, -0.25) is 4.79 Å². The fraction of sp³-hybridized carbons (Fsp3) is 0.481. The maximum atomic E-state index is 13.6. The van der Waals surface area contributed by atoms with Gasteiger partial charge >= 0.3 is 6.03 Å². The van der Waals surface area contributed by atoms with E-state index in [2.05, 4.69) is 31.4 Å². The first kappa shape index (κ1) is 27.0. The van der Waals surface area contributed by atoms with Crippen molar-refractivity contribution >= 4 is 23.3 Å². The third-order valence-electron chi connectivity index (χ3n) is 5.70. The summed E-state index contributed by atoms with van der Waals surface area (Å²) in [6, 6.07) is 12.7. The minimum atomic E-state index is -0.342. The van der Waals surface area contributed by atoms with Crippen LogP contribution in [-0.2, 0) is 6.54 Å². The summed E-state index contributed by atoms with van der Waals surface area (Å²) in [5, 5.41) is 5.83. The van der Waals surface area contributed by atoms with Gasteiger partial charge in [-0.25, -0.2) is 4.79 Å². The van der Waals surface area contributed by atoms with Gasteiger partial charge in [0, 0.05) is 49.2 Å². The fourth-order valence-electron chi connectivity index (χ4n) is 3.57. The van der Waals surface area contributed by atoms with Crippen molar-refractivity contribution in [3.63, 3.8) is 0 Å². The van der Waals surface area contributed by atoms with E-state index in [1.807, 2.05) is 62.9 Å². The highest BCUT2D eigenvalue weighted by molar-refractivity contribution is 5.95. The summed E-state index contributed by atoms with van der Waals surface area (Å²) in [6.45, 7) is 12.5. The Labute approximate surface area is 204 Å². The number of carbonyl (C=O) groups excluding carboxylic acids is 2. The molecule has 1 unspecified atom stereocenters. The number of urea groups is 1. The molecule has 0 radical (unpaired) electrons. The lowest BCUT2D eigenvalue weighted by atomic mass is 10.0. The number of anilines is 2. The first-order valence-electron chi connectivity index (χ1n) is 11.7. The van der Waals surface area contributed by atoms with Crippen LogP contribution in [0.15, 0.2) is 42.5 Å². The monoisotopic (exact) mass is 468 g/mol. The van der Waals surface area contributed by atoms with Gasteiger partial charge < -0.3 is 25.2 Å². The van der Waals surface area contributed by atoms with Crippen molar-refractivity contribution in [1.82, 2.24) is 10.2 Å². The molecule has 0 aromatic heterocycles. The van der Waals surface area contributed by atoms with Crippen LogP contribution in [0.25, 0.3) is 0 Å². The average Bonchev–Trinajstić information content (AvgIpc) is 2.75. The Morgan fingerprint density at radius 3 is 2.12 bits per heavy atom. The number of methoxy groups -OCH3 is 1. The smallest absolute Gasteiger partial charge is 0.319 e. The molecule has 0 saturated heterocycles. The Balaban J connectivity index is 2.41. The summed E-state index contributed by atoms with van der Waals surface area (Å²) in [4.78, 5) is 29.9. The van der Waals surface area contributed by atoms with Crippen molar-refractivity contribution in [3.05, 3.63) is 53.6 Å². The number of nitrogens with one attached hydrogen (secondary N) is 2. The number of nitrogens with zero attached hydrogens (tertiary/aromatic N) is 2. The van der Waals surface area contributed by atoms with Crippen LogP contribution in [0.1, 0.15) is 57.5 Å². The molecule has 2 aromatic carbocycles. The normalized spacial score (nSPS) is 12.2. The fourth-order valence-corrected chi connectivity index (χ4v) is 3.57. The molecule has 3 amide bonds. The van der Waals surface area contributed by atoms with Crippen molar-refractivity contribution in [1.29, 1.82) is 0 Å². The molecule has 2 aromatic rings. The summed E-state index contributed by atoms with van der Waals surface area (Å²) in [5.74, 6) is 0.934. The van der Waals surface area contributed by atoms with E-state index >= 15 is 0 Å². The predicted octanol–water partition coefficient (Wildman–Crippen LogP) is 5.37. The Kier molecular flexibility index (Phi) is 8.96. The molecule has 2 rings (SSSR count). The van der Waals surface area contributed by atoms with E-state index in [-0.39, 0.29) is 29.4 Å². The van der Waals surface area contributed by atoms with E-state index in [0.29, 0.717) is 23.5 Å². The molecule has 0 fully saturated rings. The second-order valence-electron chi connectivity index (χ2n) is 10.2. The lowest BCUT2D eigenvalue weighted by molar-refractivity contribution is 0.0628. The lowest BCUT2D eigenvalue weighted by Gasteiger charge is -2.33. The minimum Gasteiger partial charge on any atom is -0.497 e. The quantitative estimate of drug-likeness (QED) is 0.546. The van der Waals surface area contributed by atoms with Crippen LogP contribution in [0.4, 0.5) is 16.2 Å².